The zero-order valence-corrected chi connectivity index (χ0v) is 13.5. The van der Waals surface area contributed by atoms with Crippen molar-refractivity contribution < 1.29 is 9.32 Å². The van der Waals surface area contributed by atoms with E-state index >= 15 is 0 Å². The number of aromatic nitrogens is 3. The second-order valence-electron chi connectivity index (χ2n) is 6.01. The van der Waals surface area contributed by atoms with Gasteiger partial charge in [-0.05, 0) is 44.0 Å². The molecular weight excluding hydrogens is 306 g/mol. The van der Waals surface area contributed by atoms with Crippen LogP contribution < -0.4 is 10.2 Å². The predicted octanol–water partition coefficient (Wildman–Crippen LogP) is 3.04. The standard InChI is InChI=1S/C17H17N5O2/c1-10-14-15(18-9-19-16(14)24-21-10)20-12-5-7-13(8-6-12)22(2)17(23)11-3-4-11/h5-9,11H,3-4H2,1-2H3,(H,18,19,20). The normalized spacial score (nSPS) is 13.9. The molecule has 4 rings (SSSR count). The van der Waals surface area contributed by atoms with E-state index in [4.69, 9.17) is 4.52 Å². The first-order valence-corrected chi connectivity index (χ1v) is 7.85. The van der Waals surface area contributed by atoms with Crippen LogP contribution in [0.4, 0.5) is 17.2 Å². The van der Waals surface area contributed by atoms with Crippen molar-refractivity contribution in [3.05, 3.63) is 36.3 Å². The second kappa shape index (κ2) is 5.59. The van der Waals surface area contributed by atoms with Crippen molar-refractivity contribution in [3.63, 3.8) is 0 Å². The maximum atomic E-state index is 12.1. The molecule has 1 saturated carbocycles. The van der Waals surface area contributed by atoms with Gasteiger partial charge in [-0.2, -0.15) is 4.98 Å². The highest BCUT2D eigenvalue weighted by molar-refractivity contribution is 5.96. The molecule has 2 heterocycles. The van der Waals surface area contributed by atoms with E-state index in [9.17, 15) is 4.79 Å². The third kappa shape index (κ3) is 2.58. The van der Waals surface area contributed by atoms with Crippen LogP contribution in [0.2, 0.25) is 0 Å². The van der Waals surface area contributed by atoms with E-state index in [1.165, 1.54) is 6.33 Å². The van der Waals surface area contributed by atoms with Gasteiger partial charge in [-0.3, -0.25) is 4.79 Å². The number of carbonyl (C=O) groups is 1. The van der Waals surface area contributed by atoms with Gasteiger partial charge in [-0.15, -0.1) is 0 Å². The number of anilines is 3. The largest absolute Gasteiger partial charge is 0.339 e. The summed E-state index contributed by atoms with van der Waals surface area (Å²) >= 11 is 0. The first-order chi connectivity index (χ1) is 11.6. The molecule has 3 aromatic rings. The van der Waals surface area contributed by atoms with E-state index in [0.717, 1.165) is 35.3 Å². The van der Waals surface area contributed by atoms with E-state index in [1.54, 1.807) is 4.90 Å². The van der Waals surface area contributed by atoms with Gasteiger partial charge in [-0.25, -0.2) is 4.98 Å². The number of aryl methyl sites for hydroxylation is 1. The molecule has 122 valence electrons. The lowest BCUT2D eigenvalue weighted by atomic mass is 10.2. The van der Waals surface area contributed by atoms with Crippen LogP contribution in [-0.2, 0) is 4.79 Å². The summed E-state index contributed by atoms with van der Waals surface area (Å²) in [6.45, 7) is 1.85. The molecule has 24 heavy (non-hydrogen) atoms. The average molecular weight is 323 g/mol. The Morgan fingerprint density at radius 1 is 1.25 bits per heavy atom. The smallest absolute Gasteiger partial charge is 0.263 e. The second-order valence-corrected chi connectivity index (χ2v) is 6.01. The van der Waals surface area contributed by atoms with Crippen LogP contribution in [0.15, 0.2) is 35.1 Å². The summed E-state index contributed by atoms with van der Waals surface area (Å²) in [5, 5.41) is 7.93. The van der Waals surface area contributed by atoms with Crippen molar-refractivity contribution in [2.75, 3.05) is 17.3 Å². The molecule has 0 radical (unpaired) electrons. The van der Waals surface area contributed by atoms with Crippen molar-refractivity contribution in [2.45, 2.75) is 19.8 Å². The van der Waals surface area contributed by atoms with Gasteiger partial charge in [0.15, 0.2) is 0 Å². The van der Waals surface area contributed by atoms with Crippen LogP contribution in [0.25, 0.3) is 11.1 Å². The molecule has 1 amide bonds. The zero-order chi connectivity index (χ0) is 16.7. The first-order valence-electron chi connectivity index (χ1n) is 7.85. The minimum Gasteiger partial charge on any atom is -0.339 e. The Balaban J connectivity index is 1.56. The van der Waals surface area contributed by atoms with Crippen molar-refractivity contribution in [1.82, 2.24) is 15.1 Å². The van der Waals surface area contributed by atoms with Gasteiger partial charge in [0.2, 0.25) is 5.91 Å². The van der Waals surface area contributed by atoms with Crippen LogP contribution in [-0.4, -0.2) is 28.1 Å². The maximum Gasteiger partial charge on any atom is 0.263 e. The SMILES string of the molecule is Cc1noc2ncnc(Nc3ccc(N(C)C(=O)C4CC4)cc3)c12. The molecule has 7 heteroatoms. The summed E-state index contributed by atoms with van der Waals surface area (Å²) in [6.07, 6.45) is 3.45. The van der Waals surface area contributed by atoms with Gasteiger partial charge in [-0.1, -0.05) is 5.16 Å². The minimum absolute atomic E-state index is 0.188. The monoisotopic (exact) mass is 323 g/mol. The van der Waals surface area contributed by atoms with Crippen molar-refractivity contribution in [1.29, 1.82) is 0 Å². The lowest BCUT2D eigenvalue weighted by Gasteiger charge is -2.17. The summed E-state index contributed by atoms with van der Waals surface area (Å²) < 4.78 is 5.15. The lowest BCUT2D eigenvalue weighted by Crippen LogP contribution is -2.27. The number of amides is 1. The minimum atomic E-state index is 0.188. The number of nitrogens with one attached hydrogen (secondary N) is 1. The van der Waals surface area contributed by atoms with Crippen molar-refractivity contribution in [3.8, 4) is 0 Å². The van der Waals surface area contributed by atoms with Crippen molar-refractivity contribution in [2.24, 2.45) is 5.92 Å². The fourth-order valence-corrected chi connectivity index (χ4v) is 2.65. The number of nitrogens with zero attached hydrogens (tertiary/aromatic N) is 4. The van der Waals surface area contributed by atoms with E-state index in [1.807, 2.05) is 38.2 Å². The van der Waals surface area contributed by atoms with E-state index < -0.39 is 0 Å². The molecule has 0 bridgehead atoms. The predicted molar refractivity (Wildman–Crippen MR) is 90.2 cm³/mol. The summed E-state index contributed by atoms with van der Waals surface area (Å²) in [7, 11) is 1.82. The van der Waals surface area contributed by atoms with Gasteiger partial charge >= 0.3 is 0 Å². The van der Waals surface area contributed by atoms with E-state index in [0.29, 0.717) is 11.5 Å². The Bertz CT molecular complexity index is 899. The summed E-state index contributed by atoms with van der Waals surface area (Å²) in [4.78, 5) is 22.2. The third-order valence-electron chi connectivity index (χ3n) is 4.22. The van der Waals surface area contributed by atoms with E-state index in [2.05, 4.69) is 20.4 Å². The molecule has 7 nitrogen and oxygen atoms in total. The number of carbonyl (C=O) groups excluding carboxylic acids is 1. The van der Waals surface area contributed by atoms with Gasteiger partial charge < -0.3 is 14.7 Å². The number of fused-ring (bicyclic) bond motifs is 1. The summed E-state index contributed by atoms with van der Waals surface area (Å²) in [5.74, 6) is 1.04. The Kier molecular flexibility index (Phi) is 3.41. The highest BCUT2D eigenvalue weighted by Gasteiger charge is 2.32. The summed E-state index contributed by atoms with van der Waals surface area (Å²) in [6, 6.07) is 7.68. The molecule has 1 aliphatic carbocycles. The molecule has 1 aliphatic rings. The zero-order valence-electron chi connectivity index (χ0n) is 13.5. The molecule has 0 unspecified atom stereocenters. The van der Waals surface area contributed by atoms with Crippen molar-refractivity contribution >= 4 is 34.2 Å². The van der Waals surface area contributed by atoms with Gasteiger partial charge in [0.25, 0.3) is 5.71 Å². The Labute approximate surface area is 138 Å². The van der Waals surface area contributed by atoms with Crippen LogP contribution >= 0.6 is 0 Å². The number of rotatable bonds is 4. The maximum absolute atomic E-state index is 12.1. The number of hydrogen-bond acceptors (Lipinski definition) is 6. The number of hydrogen-bond donors (Lipinski definition) is 1. The Hall–Kier alpha value is -2.96. The van der Waals surface area contributed by atoms with E-state index in [-0.39, 0.29) is 11.8 Å². The molecular formula is C17H17N5O2. The fraction of sp³-hybridized carbons (Fsp3) is 0.294. The Morgan fingerprint density at radius 3 is 2.71 bits per heavy atom. The molecule has 0 atom stereocenters. The van der Waals surface area contributed by atoms with Crippen LogP contribution in [0, 0.1) is 12.8 Å². The third-order valence-corrected chi connectivity index (χ3v) is 4.22. The molecule has 0 saturated heterocycles. The van der Waals surface area contributed by atoms with Gasteiger partial charge in [0.1, 0.15) is 17.5 Å². The molecule has 0 aliphatic heterocycles. The molecule has 1 N–H and O–H groups in total. The first kappa shape index (κ1) is 14.6. The average Bonchev–Trinajstić information content (AvgIpc) is 3.38. The highest BCUT2D eigenvalue weighted by Crippen LogP contribution is 2.32. The lowest BCUT2D eigenvalue weighted by molar-refractivity contribution is -0.119. The highest BCUT2D eigenvalue weighted by atomic mass is 16.5. The Morgan fingerprint density at radius 2 is 2.00 bits per heavy atom. The number of benzene rings is 1. The molecule has 1 aromatic carbocycles. The quantitative estimate of drug-likeness (QED) is 0.794. The fourth-order valence-electron chi connectivity index (χ4n) is 2.65. The molecule has 2 aromatic heterocycles. The molecule has 0 spiro atoms. The van der Waals surface area contributed by atoms with Gasteiger partial charge in [0.05, 0.1) is 5.69 Å². The summed E-state index contributed by atoms with van der Waals surface area (Å²) in [5.41, 5.74) is 2.94. The van der Waals surface area contributed by atoms with Crippen LogP contribution in [0.5, 0.6) is 0 Å². The van der Waals surface area contributed by atoms with Crippen LogP contribution in [0.3, 0.4) is 0 Å². The van der Waals surface area contributed by atoms with Gasteiger partial charge in [0, 0.05) is 24.3 Å². The van der Waals surface area contributed by atoms with Crippen LogP contribution in [0.1, 0.15) is 18.5 Å². The topological polar surface area (TPSA) is 84.2 Å². The molecule has 1 fully saturated rings.